The number of fused-ring (bicyclic) bond motifs is 1. The number of hydrogen-bond acceptors (Lipinski definition) is 4. The maximum Gasteiger partial charge on any atom is 0.240 e. The van der Waals surface area contributed by atoms with Crippen LogP contribution in [0.2, 0.25) is 4.34 Å². The van der Waals surface area contributed by atoms with Crippen molar-refractivity contribution >= 4 is 38.6 Å². The molecule has 0 amide bonds. The zero-order valence-corrected chi connectivity index (χ0v) is 13.6. The van der Waals surface area contributed by atoms with Crippen molar-refractivity contribution in [3.63, 3.8) is 0 Å². The standard InChI is InChI=1S/C14H15ClN2O2S2/c15-14-4-1-11(20-14)6-8-17-21(18,19)12-2-3-13-10(9-12)5-7-16-13/h1-4,9,16-17H,5-8H2. The van der Waals surface area contributed by atoms with Crippen molar-refractivity contribution in [1.29, 1.82) is 0 Å². The third-order valence-electron chi connectivity index (χ3n) is 3.39. The Kier molecular flexibility index (Phi) is 4.21. The Morgan fingerprint density at radius 1 is 1.29 bits per heavy atom. The van der Waals surface area contributed by atoms with Gasteiger partial charge < -0.3 is 5.32 Å². The Hall–Kier alpha value is -1.08. The van der Waals surface area contributed by atoms with Crippen molar-refractivity contribution < 1.29 is 8.42 Å². The first-order valence-corrected chi connectivity index (χ1v) is 9.33. The molecule has 0 bridgehead atoms. The first-order valence-electron chi connectivity index (χ1n) is 6.65. The Bertz CT molecular complexity index is 756. The molecule has 0 atom stereocenters. The lowest BCUT2D eigenvalue weighted by atomic mass is 10.2. The Morgan fingerprint density at radius 2 is 2.14 bits per heavy atom. The third-order valence-corrected chi connectivity index (χ3v) is 6.14. The van der Waals surface area contributed by atoms with Crippen LogP contribution in [-0.4, -0.2) is 21.5 Å². The minimum Gasteiger partial charge on any atom is -0.384 e. The molecule has 1 aromatic heterocycles. The Balaban J connectivity index is 1.66. The van der Waals surface area contributed by atoms with Gasteiger partial charge in [0.25, 0.3) is 0 Å². The van der Waals surface area contributed by atoms with Crippen LogP contribution in [0.4, 0.5) is 5.69 Å². The van der Waals surface area contributed by atoms with Gasteiger partial charge >= 0.3 is 0 Å². The zero-order valence-electron chi connectivity index (χ0n) is 11.2. The lowest BCUT2D eigenvalue weighted by Gasteiger charge is -2.08. The van der Waals surface area contributed by atoms with E-state index in [1.807, 2.05) is 18.2 Å². The summed E-state index contributed by atoms with van der Waals surface area (Å²) in [6.45, 7) is 1.24. The molecule has 0 fully saturated rings. The second-order valence-electron chi connectivity index (χ2n) is 4.85. The summed E-state index contributed by atoms with van der Waals surface area (Å²) < 4.78 is 27.9. The van der Waals surface area contributed by atoms with E-state index in [0.29, 0.717) is 17.9 Å². The predicted molar refractivity (Wildman–Crippen MR) is 86.9 cm³/mol. The molecule has 21 heavy (non-hydrogen) atoms. The average Bonchev–Trinajstić information content (AvgIpc) is 3.06. The molecule has 0 unspecified atom stereocenters. The number of benzene rings is 1. The summed E-state index contributed by atoms with van der Waals surface area (Å²) in [5, 5.41) is 3.22. The van der Waals surface area contributed by atoms with Crippen LogP contribution in [0.15, 0.2) is 35.2 Å². The molecular weight excluding hydrogens is 328 g/mol. The largest absolute Gasteiger partial charge is 0.384 e. The lowest BCUT2D eigenvalue weighted by Crippen LogP contribution is -2.25. The van der Waals surface area contributed by atoms with Gasteiger partial charge in [-0.15, -0.1) is 11.3 Å². The van der Waals surface area contributed by atoms with Crippen LogP contribution >= 0.6 is 22.9 Å². The molecule has 1 aliphatic rings. The minimum atomic E-state index is -3.45. The van der Waals surface area contributed by atoms with Crippen molar-refractivity contribution in [3.8, 4) is 0 Å². The summed E-state index contributed by atoms with van der Waals surface area (Å²) in [7, 11) is -3.45. The lowest BCUT2D eigenvalue weighted by molar-refractivity contribution is 0.582. The van der Waals surface area contributed by atoms with E-state index in [0.717, 1.165) is 33.4 Å². The predicted octanol–water partition coefficient (Wildman–Crippen LogP) is 2.89. The molecule has 2 N–H and O–H groups in total. The topological polar surface area (TPSA) is 58.2 Å². The highest BCUT2D eigenvalue weighted by Gasteiger charge is 2.17. The molecule has 1 aliphatic heterocycles. The highest BCUT2D eigenvalue weighted by molar-refractivity contribution is 7.89. The molecule has 3 rings (SSSR count). The average molecular weight is 343 g/mol. The van der Waals surface area contributed by atoms with Crippen molar-refractivity contribution in [2.24, 2.45) is 0 Å². The number of anilines is 1. The summed E-state index contributed by atoms with van der Waals surface area (Å²) in [5.41, 5.74) is 2.09. The molecule has 0 saturated carbocycles. The number of sulfonamides is 1. The molecule has 0 spiro atoms. The zero-order chi connectivity index (χ0) is 14.9. The highest BCUT2D eigenvalue weighted by atomic mass is 35.5. The number of nitrogens with one attached hydrogen (secondary N) is 2. The van der Waals surface area contributed by atoms with E-state index in [9.17, 15) is 8.42 Å². The van der Waals surface area contributed by atoms with E-state index < -0.39 is 10.0 Å². The minimum absolute atomic E-state index is 0.328. The second-order valence-corrected chi connectivity index (χ2v) is 8.42. The molecule has 2 aromatic rings. The van der Waals surface area contributed by atoms with Gasteiger partial charge in [0.05, 0.1) is 9.23 Å². The number of thiophene rings is 1. The van der Waals surface area contributed by atoms with E-state index in [1.165, 1.54) is 11.3 Å². The van der Waals surface area contributed by atoms with Crippen LogP contribution in [0.1, 0.15) is 10.4 Å². The monoisotopic (exact) mass is 342 g/mol. The molecule has 0 radical (unpaired) electrons. The van der Waals surface area contributed by atoms with Gasteiger partial charge in [-0.25, -0.2) is 13.1 Å². The maximum absolute atomic E-state index is 12.3. The van der Waals surface area contributed by atoms with Gasteiger partial charge in [-0.3, -0.25) is 0 Å². The van der Waals surface area contributed by atoms with E-state index in [4.69, 9.17) is 11.6 Å². The van der Waals surface area contributed by atoms with Gasteiger partial charge in [-0.2, -0.15) is 0 Å². The summed E-state index contributed by atoms with van der Waals surface area (Å²) in [5.74, 6) is 0. The van der Waals surface area contributed by atoms with Crippen molar-refractivity contribution in [3.05, 3.63) is 45.1 Å². The van der Waals surface area contributed by atoms with Crippen LogP contribution in [0.5, 0.6) is 0 Å². The number of halogens is 1. The van der Waals surface area contributed by atoms with Gasteiger partial charge in [0.1, 0.15) is 0 Å². The van der Waals surface area contributed by atoms with Gasteiger partial charge in [0, 0.05) is 23.7 Å². The number of hydrogen-bond donors (Lipinski definition) is 2. The fraction of sp³-hybridized carbons (Fsp3) is 0.286. The molecule has 4 nitrogen and oxygen atoms in total. The van der Waals surface area contributed by atoms with Crippen LogP contribution in [0.3, 0.4) is 0 Å². The van der Waals surface area contributed by atoms with E-state index >= 15 is 0 Å². The molecule has 2 heterocycles. The molecule has 1 aromatic carbocycles. The van der Waals surface area contributed by atoms with Crippen molar-refractivity contribution in [1.82, 2.24) is 4.72 Å². The fourth-order valence-electron chi connectivity index (χ4n) is 2.33. The molecule has 0 aliphatic carbocycles. The summed E-state index contributed by atoms with van der Waals surface area (Å²) >= 11 is 7.33. The fourth-order valence-corrected chi connectivity index (χ4v) is 4.50. The van der Waals surface area contributed by atoms with E-state index in [-0.39, 0.29) is 0 Å². The van der Waals surface area contributed by atoms with Gasteiger partial charge in [-0.05, 0) is 48.7 Å². The Labute approximate surface area is 133 Å². The Morgan fingerprint density at radius 3 is 2.90 bits per heavy atom. The first kappa shape index (κ1) is 14.8. The van der Waals surface area contributed by atoms with Gasteiger partial charge in [0.2, 0.25) is 10.0 Å². The summed E-state index contributed by atoms with van der Waals surface area (Å²) in [6.07, 6.45) is 1.51. The normalized spacial score (nSPS) is 14.0. The molecule has 0 saturated heterocycles. The van der Waals surface area contributed by atoms with Crippen molar-refractivity contribution in [2.45, 2.75) is 17.7 Å². The van der Waals surface area contributed by atoms with Crippen LogP contribution in [0.25, 0.3) is 0 Å². The summed E-state index contributed by atoms with van der Waals surface area (Å²) in [6, 6.07) is 8.96. The molecular formula is C14H15ClN2O2S2. The van der Waals surface area contributed by atoms with Crippen LogP contribution in [0, 0.1) is 0 Å². The van der Waals surface area contributed by atoms with Crippen LogP contribution < -0.4 is 10.0 Å². The summed E-state index contributed by atoms with van der Waals surface area (Å²) in [4.78, 5) is 1.40. The first-order chi connectivity index (χ1) is 10.0. The smallest absolute Gasteiger partial charge is 0.240 e. The van der Waals surface area contributed by atoms with Crippen LogP contribution in [-0.2, 0) is 22.9 Å². The quantitative estimate of drug-likeness (QED) is 0.878. The van der Waals surface area contributed by atoms with Crippen molar-refractivity contribution in [2.75, 3.05) is 18.4 Å². The maximum atomic E-state index is 12.3. The number of rotatable bonds is 5. The van der Waals surface area contributed by atoms with Gasteiger partial charge in [-0.1, -0.05) is 11.6 Å². The van der Waals surface area contributed by atoms with Gasteiger partial charge in [0.15, 0.2) is 0 Å². The van der Waals surface area contributed by atoms with E-state index in [1.54, 1.807) is 12.1 Å². The second kappa shape index (κ2) is 5.96. The highest BCUT2D eigenvalue weighted by Crippen LogP contribution is 2.25. The molecule has 112 valence electrons. The third kappa shape index (κ3) is 3.40. The van der Waals surface area contributed by atoms with E-state index in [2.05, 4.69) is 10.0 Å². The SMILES string of the molecule is O=S(=O)(NCCc1ccc(Cl)s1)c1ccc2c(c1)CCN2. The molecule has 7 heteroatoms.